The number of rotatable bonds is 6. The molecule has 0 fully saturated rings. The summed E-state index contributed by atoms with van der Waals surface area (Å²) < 4.78 is 2.63. The number of pyridine rings is 1. The van der Waals surface area contributed by atoms with Gasteiger partial charge in [-0.2, -0.15) is 0 Å². The van der Waals surface area contributed by atoms with Crippen LogP contribution in [0.3, 0.4) is 0 Å². The maximum Gasteiger partial charge on any atom is 0.331 e. The van der Waals surface area contributed by atoms with E-state index in [-0.39, 0.29) is 17.8 Å². The summed E-state index contributed by atoms with van der Waals surface area (Å²) in [5.41, 5.74) is 5.45. The minimum Gasteiger partial charge on any atom is -0.480 e. The molecule has 4 aromatic rings. The third kappa shape index (κ3) is 8.61. The highest BCUT2D eigenvalue weighted by Gasteiger charge is 2.05. The standard InChI is InChI=1S/C14H14N2O2.C13H14N2O2.C2H6/c1-10-4-2-3-5-13(10)11-6-12(8-15-7-11)16-9-14(17)18;1-10-4-3-5-11(8-10)9-15-12(16)6-7-14(2)13(15)17;1-2/h2-8,16H,9H2,1H3,(H,17,18);3-8H,9H2,1-2H3;1-2H3. The fourth-order valence-corrected chi connectivity index (χ4v) is 3.51. The van der Waals surface area contributed by atoms with E-state index in [1.54, 1.807) is 19.4 Å². The summed E-state index contributed by atoms with van der Waals surface area (Å²) in [4.78, 5) is 38.1. The molecule has 8 nitrogen and oxygen atoms in total. The van der Waals surface area contributed by atoms with Crippen molar-refractivity contribution in [3.05, 3.63) is 117 Å². The number of aryl methyl sites for hydroxylation is 3. The van der Waals surface area contributed by atoms with Crippen molar-refractivity contribution in [1.29, 1.82) is 0 Å². The highest BCUT2D eigenvalue weighted by atomic mass is 16.4. The van der Waals surface area contributed by atoms with Gasteiger partial charge in [0, 0.05) is 37.3 Å². The number of hydrogen-bond acceptors (Lipinski definition) is 5. The molecule has 2 aromatic carbocycles. The van der Waals surface area contributed by atoms with E-state index in [9.17, 15) is 14.4 Å². The molecule has 4 rings (SSSR count). The maximum atomic E-state index is 11.8. The number of benzene rings is 2. The first-order chi connectivity index (χ1) is 17.7. The minimum absolute atomic E-state index is 0.112. The van der Waals surface area contributed by atoms with Crippen molar-refractivity contribution in [3.63, 3.8) is 0 Å². The van der Waals surface area contributed by atoms with Crippen molar-refractivity contribution in [2.75, 3.05) is 11.9 Å². The molecule has 2 heterocycles. The highest BCUT2D eigenvalue weighted by Crippen LogP contribution is 2.24. The number of nitrogens with zero attached hydrogens (tertiary/aromatic N) is 3. The lowest BCUT2D eigenvalue weighted by atomic mass is 10.0. The molecular weight excluding hydrogens is 468 g/mol. The molecule has 0 bridgehead atoms. The molecule has 0 atom stereocenters. The van der Waals surface area contributed by atoms with Crippen LogP contribution in [0.2, 0.25) is 0 Å². The van der Waals surface area contributed by atoms with Gasteiger partial charge < -0.3 is 15.0 Å². The lowest BCUT2D eigenvalue weighted by Gasteiger charge is -2.08. The second kappa shape index (κ2) is 14.2. The van der Waals surface area contributed by atoms with Gasteiger partial charge in [0.1, 0.15) is 6.54 Å². The Morgan fingerprint density at radius 2 is 1.70 bits per heavy atom. The maximum absolute atomic E-state index is 11.8. The van der Waals surface area contributed by atoms with Gasteiger partial charge in [0.2, 0.25) is 0 Å². The molecule has 0 radical (unpaired) electrons. The van der Waals surface area contributed by atoms with Crippen LogP contribution in [0.15, 0.2) is 88.8 Å². The van der Waals surface area contributed by atoms with Crippen LogP contribution in [-0.2, 0) is 18.4 Å². The first-order valence-corrected chi connectivity index (χ1v) is 12.0. The van der Waals surface area contributed by atoms with E-state index in [1.807, 2.05) is 82.3 Å². The zero-order valence-electron chi connectivity index (χ0n) is 21.9. The Hall–Kier alpha value is -4.46. The molecule has 0 aliphatic carbocycles. The number of carboxylic acids is 1. The Balaban J connectivity index is 0.000000244. The highest BCUT2D eigenvalue weighted by molar-refractivity contribution is 5.74. The third-order valence-electron chi connectivity index (χ3n) is 5.30. The van der Waals surface area contributed by atoms with Crippen LogP contribution in [0.5, 0.6) is 0 Å². The summed E-state index contributed by atoms with van der Waals surface area (Å²) >= 11 is 0. The van der Waals surface area contributed by atoms with Crippen molar-refractivity contribution in [3.8, 4) is 11.1 Å². The van der Waals surface area contributed by atoms with Crippen molar-refractivity contribution >= 4 is 11.7 Å². The average Bonchev–Trinajstić information content (AvgIpc) is 2.90. The van der Waals surface area contributed by atoms with Gasteiger partial charge in [0.25, 0.3) is 5.56 Å². The van der Waals surface area contributed by atoms with E-state index in [1.165, 1.54) is 21.4 Å². The zero-order valence-corrected chi connectivity index (χ0v) is 21.9. The van der Waals surface area contributed by atoms with Crippen LogP contribution in [0, 0.1) is 13.8 Å². The molecule has 0 saturated carbocycles. The van der Waals surface area contributed by atoms with Gasteiger partial charge >= 0.3 is 11.7 Å². The van der Waals surface area contributed by atoms with Gasteiger partial charge in [-0.15, -0.1) is 0 Å². The molecular formula is C29H34N4O4. The average molecular weight is 503 g/mol. The number of aliphatic carboxylic acids is 1. The van der Waals surface area contributed by atoms with Crippen LogP contribution >= 0.6 is 0 Å². The number of carboxylic acid groups (broad SMARTS) is 1. The fourth-order valence-electron chi connectivity index (χ4n) is 3.51. The van der Waals surface area contributed by atoms with E-state index in [0.717, 1.165) is 27.8 Å². The van der Waals surface area contributed by atoms with Gasteiger partial charge in [0.15, 0.2) is 0 Å². The van der Waals surface area contributed by atoms with Crippen molar-refractivity contribution < 1.29 is 9.90 Å². The Bertz CT molecular complexity index is 1440. The van der Waals surface area contributed by atoms with Crippen molar-refractivity contribution in [2.45, 2.75) is 34.2 Å². The number of nitrogens with one attached hydrogen (secondary N) is 1. The smallest absolute Gasteiger partial charge is 0.331 e. The largest absolute Gasteiger partial charge is 0.480 e. The molecule has 2 N–H and O–H groups in total. The Kier molecular flexibility index (Phi) is 11.0. The van der Waals surface area contributed by atoms with Gasteiger partial charge in [-0.05, 0) is 36.6 Å². The van der Waals surface area contributed by atoms with Crippen molar-refractivity contribution in [1.82, 2.24) is 14.1 Å². The molecule has 0 aliphatic rings. The number of aromatic nitrogens is 3. The van der Waals surface area contributed by atoms with Crippen LogP contribution in [-0.4, -0.2) is 31.7 Å². The summed E-state index contributed by atoms with van der Waals surface area (Å²) in [7, 11) is 1.63. The molecule has 194 valence electrons. The Labute approximate surface area is 216 Å². The predicted molar refractivity (Wildman–Crippen MR) is 148 cm³/mol. The first kappa shape index (κ1) is 28.8. The fraction of sp³-hybridized carbons (Fsp3) is 0.241. The van der Waals surface area contributed by atoms with E-state index in [2.05, 4.69) is 10.3 Å². The minimum atomic E-state index is -0.892. The number of carbonyl (C=O) groups is 1. The van der Waals surface area contributed by atoms with E-state index in [0.29, 0.717) is 12.2 Å². The molecule has 0 unspecified atom stereocenters. The topological polar surface area (TPSA) is 106 Å². The number of anilines is 1. The van der Waals surface area contributed by atoms with Gasteiger partial charge in [-0.25, -0.2) is 4.79 Å². The summed E-state index contributed by atoms with van der Waals surface area (Å²) in [6.07, 6.45) is 4.87. The van der Waals surface area contributed by atoms with Crippen LogP contribution in [0.4, 0.5) is 5.69 Å². The Morgan fingerprint density at radius 1 is 0.973 bits per heavy atom. The van der Waals surface area contributed by atoms with Crippen molar-refractivity contribution in [2.24, 2.45) is 7.05 Å². The molecule has 0 aliphatic heterocycles. The molecule has 37 heavy (non-hydrogen) atoms. The second-order valence-corrected chi connectivity index (χ2v) is 8.15. The van der Waals surface area contributed by atoms with E-state index in [4.69, 9.17) is 5.11 Å². The SMILES string of the molecule is CC.Cc1cccc(Cn2c(=O)ccn(C)c2=O)c1.Cc1ccccc1-c1cncc(NCC(=O)O)c1. The zero-order chi connectivity index (χ0) is 27.4. The predicted octanol–water partition coefficient (Wildman–Crippen LogP) is 4.48. The van der Waals surface area contributed by atoms with Gasteiger partial charge in [-0.1, -0.05) is 67.9 Å². The summed E-state index contributed by atoms with van der Waals surface area (Å²) in [5.74, 6) is -0.892. The summed E-state index contributed by atoms with van der Waals surface area (Å²) in [6.45, 7) is 8.22. The van der Waals surface area contributed by atoms with Gasteiger partial charge in [0.05, 0.1) is 12.2 Å². The lowest BCUT2D eigenvalue weighted by Crippen LogP contribution is -2.38. The quantitative estimate of drug-likeness (QED) is 0.403. The second-order valence-electron chi connectivity index (χ2n) is 8.15. The van der Waals surface area contributed by atoms with Gasteiger partial charge in [-0.3, -0.25) is 19.1 Å². The molecule has 0 amide bonds. The summed E-state index contributed by atoms with van der Waals surface area (Å²) in [6, 6.07) is 19.1. The van der Waals surface area contributed by atoms with Crippen LogP contribution in [0.1, 0.15) is 30.5 Å². The van der Waals surface area contributed by atoms with Crippen LogP contribution in [0.25, 0.3) is 11.1 Å². The molecule has 8 heteroatoms. The molecule has 2 aromatic heterocycles. The summed E-state index contributed by atoms with van der Waals surface area (Å²) in [5, 5.41) is 11.4. The van der Waals surface area contributed by atoms with E-state index >= 15 is 0 Å². The number of hydrogen-bond donors (Lipinski definition) is 2. The van der Waals surface area contributed by atoms with Crippen LogP contribution < -0.4 is 16.6 Å². The Morgan fingerprint density at radius 3 is 2.38 bits per heavy atom. The molecule has 0 spiro atoms. The normalized spacial score (nSPS) is 9.86. The third-order valence-corrected chi connectivity index (χ3v) is 5.30. The monoisotopic (exact) mass is 502 g/mol. The lowest BCUT2D eigenvalue weighted by molar-refractivity contribution is -0.134. The first-order valence-electron chi connectivity index (χ1n) is 12.0. The molecule has 0 saturated heterocycles. The van der Waals surface area contributed by atoms with E-state index < -0.39 is 5.97 Å².